The molecular weight excluding hydrogens is 331 g/mol. The summed E-state index contributed by atoms with van der Waals surface area (Å²) in [5.74, 6) is 0. The van der Waals surface area contributed by atoms with Gasteiger partial charge in [0.05, 0.1) is 5.02 Å². The van der Waals surface area contributed by atoms with Crippen LogP contribution in [0.15, 0.2) is 11.0 Å². The average Bonchev–Trinajstić information content (AvgIpc) is 2.89. The van der Waals surface area contributed by atoms with Crippen molar-refractivity contribution in [1.82, 2.24) is 10.0 Å². The molecule has 1 heterocycles. The van der Waals surface area contributed by atoms with E-state index in [4.69, 9.17) is 23.2 Å². The Morgan fingerprint density at radius 2 is 2.10 bits per heavy atom. The Morgan fingerprint density at radius 1 is 1.38 bits per heavy atom. The van der Waals surface area contributed by atoms with Gasteiger partial charge in [0.15, 0.2) is 0 Å². The highest BCUT2D eigenvalue weighted by Gasteiger charge is 2.24. The minimum absolute atomic E-state index is 0.0912. The summed E-state index contributed by atoms with van der Waals surface area (Å²) in [5, 5.41) is 3.99. The van der Waals surface area contributed by atoms with Crippen LogP contribution >= 0.6 is 23.2 Å². The molecule has 1 aliphatic rings. The van der Waals surface area contributed by atoms with Gasteiger partial charge in [0, 0.05) is 17.6 Å². The zero-order valence-electron chi connectivity index (χ0n) is 12.2. The quantitative estimate of drug-likeness (QED) is 0.857. The number of halogens is 2. The summed E-state index contributed by atoms with van der Waals surface area (Å²) in [6.45, 7) is 4.81. The van der Waals surface area contributed by atoms with Gasteiger partial charge < -0.3 is 5.32 Å². The van der Waals surface area contributed by atoms with E-state index in [2.05, 4.69) is 10.0 Å². The minimum Gasteiger partial charge on any atom is -0.314 e. The predicted octanol–water partition coefficient (Wildman–Crippen LogP) is 3.03. The van der Waals surface area contributed by atoms with Crippen LogP contribution in [0, 0.1) is 13.8 Å². The Balaban J connectivity index is 2.15. The molecule has 1 aromatic carbocycles. The molecule has 0 radical (unpaired) electrons. The fourth-order valence-corrected chi connectivity index (χ4v) is 4.83. The van der Waals surface area contributed by atoms with Crippen LogP contribution in [0.1, 0.15) is 30.4 Å². The minimum atomic E-state index is -3.65. The van der Waals surface area contributed by atoms with Crippen LogP contribution in [0.5, 0.6) is 0 Å². The van der Waals surface area contributed by atoms with E-state index in [1.807, 2.05) is 0 Å². The zero-order chi connectivity index (χ0) is 15.6. The van der Waals surface area contributed by atoms with E-state index < -0.39 is 10.0 Å². The lowest BCUT2D eigenvalue weighted by molar-refractivity contribution is 0.539. The maximum atomic E-state index is 12.5. The molecule has 1 saturated heterocycles. The van der Waals surface area contributed by atoms with Crippen molar-refractivity contribution in [1.29, 1.82) is 0 Å². The highest BCUT2D eigenvalue weighted by Crippen LogP contribution is 2.33. The lowest BCUT2D eigenvalue weighted by Gasteiger charge is -2.15. The molecule has 1 aliphatic heterocycles. The summed E-state index contributed by atoms with van der Waals surface area (Å²) in [4.78, 5) is 0.0912. The van der Waals surface area contributed by atoms with E-state index in [0.29, 0.717) is 28.7 Å². The summed E-state index contributed by atoms with van der Waals surface area (Å²) in [7, 11) is -3.65. The van der Waals surface area contributed by atoms with Crippen molar-refractivity contribution in [2.45, 2.75) is 44.0 Å². The van der Waals surface area contributed by atoms with Gasteiger partial charge in [-0.3, -0.25) is 0 Å². The number of hydrogen-bond donors (Lipinski definition) is 2. The third-order valence-corrected chi connectivity index (χ3v) is 6.43. The first-order valence-electron chi connectivity index (χ1n) is 7.01. The Hall–Kier alpha value is -0.330. The molecule has 21 heavy (non-hydrogen) atoms. The highest BCUT2D eigenvalue weighted by molar-refractivity contribution is 7.89. The number of rotatable bonds is 5. The smallest absolute Gasteiger partial charge is 0.242 e. The van der Waals surface area contributed by atoms with Crippen molar-refractivity contribution < 1.29 is 8.42 Å². The molecule has 0 spiro atoms. The summed E-state index contributed by atoms with van der Waals surface area (Å²) >= 11 is 12.2. The standard InChI is InChI=1S/C14H20Cl2N2O2S/c1-9-8-12(15)10(2)14(13(9)16)21(19,20)18-7-5-11-4-3-6-17-11/h8,11,17-18H,3-7H2,1-2H3. The van der Waals surface area contributed by atoms with Gasteiger partial charge in [0.25, 0.3) is 0 Å². The van der Waals surface area contributed by atoms with Gasteiger partial charge in [0.1, 0.15) is 4.90 Å². The van der Waals surface area contributed by atoms with E-state index in [0.717, 1.165) is 25.8 Å². The lowest BCUT2D eigenvalue weighted by Crippen LogP contribution is -2.31. The third kappa shape index (κ3) is 3.90. The second kappa shape index (κ2) is 6.84. The topological polar surface area (TPSA) is 58.2 Å². The Bertz CT molecular complexity index is 600. The van der Waals surface area contributed by atoms with Gasteiger partial charge in [-0.05, 0) is 56.8 Å². The molecule has 0 saturated carbocycles. The second-order valence-corrected chi connectivity index (χ2v) is 7.91. The molecular formula is C14H20Cl2N2O2S. The SMILES string of the molecule is Cc1cc(Cl)c(C)c(S(=O)(=O)NCCC2CCCN2)c1Cl. The average molecular weight is 351 g/mol. The zero-order valence-corrected chi connectivity index (χ0v) is 14.5. The molecule has 118 valence electrons. The van der Waals surface area contributed by atoms with E-state index in [-0.39, 0.29) is 9.92 Å². The van der Waals surface area contributed by atoms with Crippen molar-refractivity contribution in [3.63, 3.8) is 0 Å². The van der Waals surface area contributed by atoms with Crippen molar-refractivity contribution in [3.05, 3.63) is 27.2 Å². The Kier molecular flexibility index (Phi) is 5.54. The first kappa shape index (κ1) is 17.0. The molecule has 0 bridgehead atoms. The molecule has 1 aromatic rings. The van der Waals surface area contributed by atoms with E-state index in [9.17, 15) is 8.42 Å². The number of nitrogens with one attached hydrogen (secondary N) is 2. The first-order valence-corrected chi connectivity index (χ1v) is 9.25. The Morgan fingerprint density at radius 3 is 2.71 bits per heavy atom. The summed E-state index contributed by atoms with van der Waals surface area (Å²) < 4.78 is 27.6. The maximum absolute atomic E-state index is 12.5. The van der Waals surface area contributed by atoms with Crippen LogP contribution in [-0.4, -0.2) is 27.5 Å². The van der Waals surface area contributed by atoms with E-state index >= 15 is 0 Å². The summed E-state index contributed by atoms with van der Waals surface area (Å²) in [5.41, 5.74) is 1.14. The molecule has 0 amide bonds. The van der Waals surface area contributed by atoms with Crippen LogP contribution < -0.4 is 10.0 Å². The predicted molar refractivity (Wildman–Crippen MR) is 86.8 cm³/mol. The first-order chi connectivity index (χ1) is 9.83. The van der Waals surface area contributed by atoms with Crippen LogP contribution in [0.3, 0.4) is 0 Å². The number of hydrogen-bond acceptors (Lipinski definition) is 3. The number of benzene rings is 1. The van der Waals surface area contributed by atoms with Crippen LogP contribution in [0.25, 0.3) is 0 Å². The molecule has 0 aliphatic carbocycles. The molecule has 4 nitrogen and oxygen atoms in total. The van der Waals surface area contributed by atoms with Gasteiger partial charge in [-0.25, -0.2) is 13.1 Å². The fourth-order valence-electron chi connectivity index (χ4n) is 2.58. The molecule has 2 N–H and O–H groups in total. The van der Waals surface area contributed by atoms with Crippen molar-refractivity contribution in [3.8, 4) is 0 Å². The second-order valence-electron chi connectivity index (χ2n) is 5.42. The normalized spacial score (nSPS) is 19.1. The van der Waals surface area contributed by atoms with Crippen LogP contribution in [-0.2, 0) is 10.0 Å². The molecule has 1 fully saturated rings. The monoisotopic (exact) mass is 350 g/mol. The van der Waals surface area contributed by atoms with Gasteiger partial charge in [-0.2, -0.15) is 0 Å². The molecule has 1 unspecified atom stereocenters. The number of sulfonamides is 1. The van der Waals surface area contributed by atoms with Gasteiger partial charge in [0.2, 0.25) is 10.0 Å². The van der Waals surface area contributed by atoms with Crippen LogP contribution in [0.4, 0.5) is 0 Å². The molecule has 2 rings (SSSR count). The molecule has 7 heteroatoms. The molecule has 0 aromatic heterocycles. The van der Waals surface area contributed by atoms with Gasteiger partial charge >= 0.3 is 0 Å². The van der Waals surface area contributed by atoms with Gasteiger partial charge in [-0.1, -0.05) is 23.2 Å². The summed E-state index contributed by atoms with van der Waals surface area (Å²) in [6, 6.07) is 2.08. The Labute approximate surface area is 136 Å². The lowest BCUT2D eigenvalue weighted by atomic mass is 10.2. The van der Waals surface area contributed by atoms with Crippen molar-refractivity contribution >= 4 is 33.2 Å². The third-order valence-electron chi connectivity index (χ3n) is 3.80. The maximum Gasteiger partial charge on any atom is 0.242 e. The van der Waals surface area contributed by atoms with Gasteiger partial charge in [-0.15, -0.1) is 0 Å². The van der Waals surface area contributed by atoms with Crippen molar-refractivity contribution in [2.24, 2.45) is 0 Å². The largest absolute Gasteiger partial charge is 0.314 e. The van der Waals surface area contributed by atoms with Crippen LogP contribution in [0.2, 0.25) is 10.0 Å². The number of aryl methyl sites for hydroxylation is 1. The highest BCUT2D eigenvalue weighted by atomic mass is 35.5. The van der Waals surface area contributed by atoms with E-state index in [1.54, 1.807) is 19.9 Å². The summed E-state index contributed by atoms with van der Waals surface area (Å²) in [6.07, 6.45) is 3.02. The van der Waals surface area contributed by atoms with E-state index in [1.165, 1.54) is 0 Å². The molecule has 1 atom stereocenters. The fraction of sp³-hybridized carbons (Fsp3) is 0.571. The van der Waals surface area contributed by atoms with Crippen molar-refractivity contribution in [2.75, 3.05) is 13.1 Å².